The summed E-state index contributed by atoms with van der Waals surface area (Å²) in [6.45, 7) is 2.41. The lowest BCUT2D eigenvalue weighted by atomic mass is 9.90. The van der Waals surface area contributed by atoms with Gasteiger partial charge in [-0.2, -0.15) is 14.6 Å². The van der Waals surface area contributed by atoms with Gasteiger partial charge in [0.1, 0.15) is 16.7 Å². The standard InChI is InChI=1S/C21H23ClF2N6/c22-15-12-25-30-20(15)27-19(18-16(23)4-3-5-17(18)24)28-21(30)26-13-6-8-14(9-7-13)29-10-1-2-11-29/h3-5,12-14H,1-2,6-11H2,(H,26,27,28)/t13-,14-. The fourth-order valence-electron chi connectivity index (χ4n) is 4.64. The second kappa shape index (κ2) is 8.07. The molecule has 1 aliphatic heterocycles. The van der Waals surface area contributed by atoms with Crippen molar-refractivity contribution in [2.75, 3.05) is 18.4 Å². The monoisotopic (exact) mass is 432 g/mol. The third-order valence-electron chi connectivity index (χ3n) is 6.20. The molecule has 0 amide bonds. The summed E-state index contributed by atoms with van der Waals surface area (Å²) in [5.74, 6) is -1.08. The molecular formula is C21H23ClF2N6. The van der Waals surface area contributed by atoms with Crippen molar-refractivity contribution in [1.82, 2.24) is 24.5 Å². The van der Waals surface area contributed by atoms with Crippen LogP contribution in [0.1, 0.15) is 38.5 Å². The summed E-state index contributed by atoms with van der Waals surface area (Å²) in [5.41, 5.74) is 0.0515. The Morgan fingerprint density at radius 3 is 2.40 bits per heavy atom. The zero-order chi connectivity index (χ0) is 20.7. The van der Waals surface area contributed by atoms with Crippen molar-refractivity contribution in [2.45, 2.75) is 50.6 Å². The molecule has 0 unspecified atom stereocenters. The quantitative estimate of drug-likeness (QED) is 0.655. The molecule has 9 heteroatoms. The van der Waals surface area contributed by atoms with Gasteiger partial charge in [0.05, 0.1) is 11.8 Å². The molecule has 2 aromatic heterocycles. The van der Waals surface area contributed by atoms with Gasteiger partial charge in [-0.15, -0.1) is 0 Å². The van der Waals surface area contributed by atoms with Crippen molar-refractivity contribution in [3.63, 3.8) is 0 Å². The molecule has 2 fully saturated rings. The Hall–Kier alpha value is -2.32. The van der Waals surface area contributed by atoms with E-state index in [0.717, 1.165) is 25.7 Å². The second-order valence-corrected chi connectivity index (χ2v) is 8.50. The van der Waals surface area contributed by atoms with Gasteiger partial charge < -0.3 is 10.2 Å². The van der Waals surface area contributed by atoms with E-state index >= 15 is 0 Å². The number of hydrogen-bond donors (Lipinski definition) is 1. The van der Waals surface area contributed by atoms with E-state index < -0.39 is 11.6 Å². The van der Waals surface area contributed by atoms with Gasteiger partial charge in [-0.3, -0.25) is 0 Å². The van der Waals surface area contributed by atoms with Crippen LogP contribution in [0, 0.1) is 11.6 Å². The predicted octanol–water partition coefficient (Wildman–Crippen LogP) is 4.54. The lowest BCUT2D eigenvalue weighted by Gasteiger charge is -2.34. The van der Waals surface area contributed by atoms with Gasteiger partial charge in [0.25, 0.3) is 0 Å². The molecule has 0 atom stereocenters. The maximum atomic E-state index is 14.3. The lowest BCUT2D eigenvalue weighted by Crippen LogP contribution is -2.39. The smallest absolute Gasteiger partial charge is 0.228 e. The van der Waals surface area contributed by atoms with Gasteiger partial charge in [-0.05, 0) is 63.7 Å². The summed E-state index contributed by atoms with van der Waals surface area (Å²) in [6, 6.07) is 4.56. The fraction of sp³-hybridized carbons (Fsp3) is 0.476. The molecular weight excluding hydrogens is 410 g/mol. The molecule has 0 bridgehead atoms. The highest BCUT2D eigenvalue weighted by Gasteiger charge is 2.28. The summed E-state index contributed by atoms with van der Waals surface area (Å²) in [5, 5.41) is 7.97. The zero-order valence-electron chi connectivity index (χ0n) is 16.5. The topological polar surface area (TPSA) is 58.4 Å². The van der Waals surface area contributed by atoms with E-state index in [2.05, 4.69) is 25.3 Å². The van der Waals surface area contributed by atoms with E-state index in [9.17, 15) is 8.78 Å². The average Bonchev–Trinajstić information content (AvgIpc) is 3.40. The Bertz CT molecular complexity index is 1040. The summed E-state index contributed by atoms with van der Waals surface area (Å²) in [6.07, 6.45) is 8.32. The molecule has 1 saturated heterocycles. The van der Waals surface area contributed by atoms with Crippen molar-refractivity contribution in [1.29, 1.82) is 0 Å². The first-order chi connectivity index (χ1) is 14.6. The summed E-state index contributed by atoms with van der Waals surface area (Å²) in [4.78, 5) is 11.3. The van der Waals surface area contributed by atoms with E-state index in [1.54, 1.807) is 0 Å². The molecule has 158 valence electrons. The van der Waals surface area contributed by atoms with Gasteiger partial charge in [-0.1, -0.05) is 17.7 Å². The highest BCUT2D eigenvalue weighted by atomic mass is 35.5. The van der Waals surface area contributed by atoms with Gasteiger partial charge in [0.15, 0.2) is 11.5 Å². The third-order valence-corrected chi connectivity index (χ3v) is 6.46. The third kappa shape index (κ3) is 3.63. The van der Waals surface area contributed by atoms with Gasteiger partial charge in [0.2, 0.25) is 5.95 Å². The molecule has 3 heterocycles. The van der Waals surface area contributed by atoms with E-state index in [4.69, 9.17) is 11.6 Å². The molecule has 2 aliphatic rings. The maximum absolute atomic E-state index is 14.3. The number of halogens is 3. The average molecular weight is 433 g/mol. The zero-order valence-corrected chi connectivity index (χ0v) is 17.2. The molecule has 6 nitrogen and oxygen atoms in total. The van der Waals surface area contributed by atoms with Crippen LogP contribution in [-0.4, -0.2) is 49.7 Å². The molecule has 1 N–H and O–H groups in total. The van der Waals surface area contributed by atoms with Crippen molar-refractivity contribution in [3.05, 3.63) is 41.1 Å². The Kier molecular flexibility index (Phi) is 5.28. The fourth-order valence-corrected chi connectivity index (χ4v) is 4.81. The van der Waals surface area contributed by atoms with Crippen LogP contribution in [-0.2, 0) is 0 Å². The van der Waals surface area contributed by atoms with Crippen LogP contribution in [0.3, 0.4) is 0 Å². The molecule has 3 aromatic rings. The van der Waals surface area contributed by atoms with Crippen molar-refractivity contribution in [3.8, 4) is 11.4 Å². The molecule has 1 aliphatic carbocycles. The molecule has 5 rings (SSSR count). The number of likely N-dealkylation sites (tertiary alicyclic amines) is 1. The van der Waals surface area contributed by atoms with Crippen LogP contribution in [0.4, 0.5) is 14.7 Å². The first-order valence-corrected chi connectivity index (χ1v) is 10.8. The highest BCUT2D eigenvalue weighted by molar-refractivity contribution is 6.33. The van der Waals surface area contributed by atoms with Gasteiger partial charge >= 0.3 is 0 Å². The number of hydrogen-bond acceptors (Lipinski definition) is 5. The minimum absolute atomic E-state index is 0.0475. The van der Waals surface area contributed by atoms with Crippen LogP contribution in [0.25, 0.3) is 17.0 Å². The largest absolute Gasteiger partial charge is 0.351 e. The number of nitrogens with zero attached hydrogens (tertiary/aromatic N) is 5. The number of nitrogens with one attached hydrogen (secondary N) is 1. The molecule has 0 radical (unpaired) electrons. The van der Waals surface area contributed by atoms with Crippen molar-refractivity contribution < 1.29 is 8.78 Å². The maximum Gasteiger partial charge on any atom is 0.228 e. The summed E-state index contributed by atoms with van der Waals surface area (Å²) >= 11 is 6.22. The van der Waals surface area contributed by atoms with Crippen LogP contribution in [0.5, 0.6) is 0 Å². The Morgan fingerprint density at radius 2 is 1.70 bits per heavy atom. The van der Waals surface area contributed by atoms with E-state index in [0.29, 0.717) is 22.7 Å². The summed E-state index contributed by atoms with van der Waals surface area (Å²) < 4.78 is 30.2. The predicted molar refractivity (Wildman–Crippen MR) is 112 cm³/mol. The minimum Gasteiger partial charge on any atom is -0.351 e. The molecule has 30 heavy (non-hydrogen) atoms. The highest BCUT2D eigenvalue weighted by Crippen LogP contribution is 2.30. The normalized spacial score (nSPS) is 22.6. The molecule has 1 aromatic carbocycles. The number of aromatic nitrogens is 4. The first-order valence-electron chi connectivity index (χ1n) is 10.5. The van der Waals surface area contributed by atoms with Crippen molar-refractivity contribution in [2.24, 2.45) is 0 Å². The Labute approximate surface area is 178 Å². The molecule has 0 spiro atoms. The van der Waals surface area contributed by atoms with Crippen LogP contribution < -0.4 is 5.32 Å². The van der Waals surface area contributed by atoms with E-state index in [1.807, 2.05) is 0 Å². The summed E-state index contributed by atoms with van der Waals surface area (Å²) in [7, 11) is 0. The lowest BCUT2D eigenvalue weighted by molar-refractivity contribution is 0.186. The van der Waals surface area contributed by atoms with Crippen LogP contribution >= 0.6 is 11.6 Å². The van der Waals surface area contributed by atoms with Crippen LogP contribution in [0.15, 0.2) is 24.4 Å². The number of rotatable bonds is 4. The second-order valence-electron chi connectivity index (χ2n) is 8.09. The minimum atomic E-state index is -0.716. The number of benzene rings is 1. The van der Waals surface area contributed by atoms with Gasteiger partial charge in [0, 0.05) is 12.1 Å². The number of fused-ring (bicyclic) bond motifs is 1. The van der Waals surface area contributed by atoms with Gasteiger partial charge in [-0.25, -0.2) is 13.8 Å². The van der Waals surface area contributed by atoms with E-state index in [1.165, 1.54) is 54.8 Å². The Morgan fingerprint density at radius 1 is 1.00 bits per heavy atom. The van der Waals surface area contributed by atoms with Crippen LogP contribution in [0.2, 0.25) is 5.02 Å². The SMILES string of the molecule is Fc1cccc(F)c1-c1nc(N[C@H]2CC[C@H](N3CCCC3)CC2)n2ncc(Cl)c2n1. The van der Waals surface area contributed by atoms with E-state index in [-0.39, 0.29) is 17.4 Å². The first kappa shape index (κ1) is 19.6. The Balaban J connectivity index is 1.43. The number of anilines is 1. The molecule has 1 saturated carbocycles. The van der Waals surface area contributed by atoms with Crippen molar-refractivity contribution >= 4 is 23.2 Å².